The summed E-state index contributed by atoms with van der Waals surface area (Å²) in [4.78, 5) is 16.6. The first-order valence-electron chi connectivity index (χ1n) is 5.74. The second-order valence-electron chi connectivity index (χ2n) is 4.06. The van der Waals surface area contributed by atoms with Crippen LogP contribution in [-0.4, -0.2) is 17.9 Å². The molecule has 2 aromatic rings. The molecule has 0 atom stereocenters. The van der Waals surface area contributed by atoms with E-state index in [1.807, 2.05) is 13.8 Å². The third kappa shape index (κ3) is 2.90. The number of nitrogens with zero attached hydrogens (tertiary/aromatic N) is 1. The normalized spacial score (nSPS) is 10.5. The van der Waals surface area contributed by atoms with Gasteiger partial charge in [-0.2, -0.15) is 0 Å². The zero-order chi connectivity index (χ0) is 14.0. The van der Waals surface area contributed by atoms with Gasteiger partial charge in [0.2, 0.25) is 0 Å². The third-order valence-corrected chi connectivity index (χ3v) is 3.63. The van der Waals surface area contributed by atoms with E-state index in [4.69, 9.17) is 10.2 Å². The van der Waals surface area contributed by atoms with E-state index in [0.717, 1.165) is 16.3 Å². The van der Waals surface area contributed by atoms with Gasteiger partial charge >= 0.3 is 0 Å². The summed E-state index contributed by atoms with van der Waals surface area (Å²) in [6.07, 6.45) is 0. The minimum absolute atomic E-state index is 0.151. The summed E-state index contributed by atoms with van der Waals surface area (Å²) in [5, 5.41) is 3.10. The maximum Gasteiger partial charge on any atom is 0.261 e. The molecule has 0 unspecified atom stereocenters. The maximum atomic E-state index is 11.6. The number of nitrogens with one attached hydrogen (secondary N) is 1. The van der Waals surface area contributed by atoms with Gasteiger partial charge in [0.15, 0.2) is 0 Å². The van der Waals surface area contributed by atoms with E-state index in [-0.39, 0.29) is 5.91 Å². The summed E-state index contributed by atoms with van der Waals surface area (Å²) in [5.74, 6) is 0.630. The number of aryl methyl sites for hydroxylation is 2. The van der Waals surface area contributed by atoms with Crippen LogP contribution in [0.2, 0.25) is 0 Å². The predicted molar refractivity (Wildman–Crippen MR) is 74.3 cm³/mol. The van der Waals surface area contributed by atoms with E-state index in [1.165, 1.54) is 11.8 Å². The van der Waals surface area contributed by atoms with E-state index in [9.17, 15) is 4.79 Å². The summed E-state index contributed by atoms with van der Waals surface area (Å²) >= 11 is 1.31. The highest BCUT2D eigenvalue weighted by Crippen LogP contribution is 2.33. The second-order valence-corrected chi connectivity index (χ2v) is 5.05. The molecule has 3 N–H and O–H groups in total. The maximum absolute atomic E-state index is 11.6. The number of carbonyl (C=O) groups is 1. The molecule has 0 fully saturated rings. The Labute approximate surface area is 115 Å². The summed E-state index contributed by atoms with van der Waals surface area (Å²) in [5.41, 5.74) is 7.90. The molecule has 0 bridgehead atoms. The molecule has 0 spiro atoms. The molecule has 0 aliphatic carbocycles. The first kappa shape index (κ1) is 13.5. The zero-order valence-corrected chi connectivity index (χ0v) is 11.8. The van der Waals surface area contributed by atoms with Gasteiger partial charge in [-0.3, -0.25) is 4.79 Å². The fourth-order valence-electron chi connectivity index (χ4n) is 1.49. The molecule has 0 aliphatic heterocycles. The van der Waals surface area contributed by atoms with Crippen molar-refractivity contribution in [2.75, 3.05) is 12.8 Å². The van der Waals surface area contributed by atoms with Crippen LogP contribution in [0.1, 0.15) is 21.8 Å². The van der Waals surface area contributed by atoms with Crippen LogP contribution in [0.3, 0.4) is 0 Å². The summed E-state index contributed by atoms with van der Waals surface area (Å²) in [6.45, 7) is 3.74. The summed E-state index contributed by atoms with van der Waals surface area (Å²) in [6, 6.07) is 5.12. The quantitative estimate of drug-likeness (QED) is 0.842. The Morgan fingerprint density at radius 1 is 1.42 bits per heavy atom. The van der Waals surface area contributed by atoms with Gasteiger partial charge in [-0.25, -0.2) is 4.98 Å². The molecule has 5 nitrogen and oxygen atoms in total. The monoisotopic (exact) mass is 277 g/mol. The molecule has 100 valence electrons. The van der Waals surface area contributed by atoms with Crippen LogP contribution >= 0.6 is 11.8 Å². The largest absolute Gasteiger partial charge is 0.436 e. The Morgan fingerprint density at radius 2 is 2.16 bits per heavy atom. The van der Waals surface area contributed by atoms with Gasteiger partial charge in [0.1, 0.15) is 5.76 Å². The van der Waals surface area contributed by atoms with Crippen LogP contribution in [0.5, 0.6) is 0 Å². The number of nitrogens with two attached hydrogens (primary N) is 1. The van der Waals surface area contributed by atoms with E-state index in [1.54, 1.807) is 25.2 Å². The van der Waals surface area contributed by atoms with E-state index >= 15 is 0 Å². The molecule has 2 rings (SSSR count). The van der Waals surface area contributed by atoms with Gasteiger partial charge in [-0.1, -0.05) is 0 Å². The number of rotatable bonds is 3. The van der Waals surface area contributed by atoms with Crippen LogP contribution in [0.25, 0.3) is 0 Å². The number of benzene rings is 1. The molecular formula is C13H15N3O2S. The minimum Gasteiger partial charge on any atom is -0.436 e. The number of oxazole rings is 1. The summed E-state index contributed by atoms with van der Waals surface area (Å²) < 4.78 is 5.50. The Hall–Kier alpha value is -1.95. The molecule has 0 saturated heterocycles. The van der Waals surface area contributed by atoms with Crippen molar-refractivity contribution in [3.05, 3.63) is 35.2 Å². The lowest BCUT2D eigenvalue weighted by atomic mass is 10.2. The van der Waals surface area contributed by atoms with Gasteiger partial charge in [-0.15, -0.1) is 0 Å². The third-order valence-electron chi connectivity index (χ3n) is 2.71. The van der Waals surface area contributed by atoms with Gasteiger partial charge in [-0.05, 0) is 43.8 Å². The topological polar surface area (TPSA) is 81.2 Å². The van der Waals surface area contributed by atoms with Crippen molar-refractivity contribution >= 4 is 23.4 Å². The van der Waals surface area contributed by atoms with E-state index in [2.05, 4.69) is 10.3 Å². The van der Waals surface area contributed by atoms with Gasteiger partial charge in [0.25, 0.3) is 11.1 Å². The number of amides is 1. The Balaban J connectivity index is 2.31. The van der Waals surface area contributed by atoms with Crippen LogP contribution in [0, 0.1) is 13.8 Å². The first-order chi connectivity index (χ1) is 9.01. The average Bonchev–Trinajstić information content (AvgIpc) is 2.70. The van der Waals surface area contributed by atoms with Crippen molar-refractivity contribution in [1.29, 1.82) is 0 Å². The average molecular weight is 277 g/mol. The van der Waals surface area contributed by atoms with Crippen molar-refractivity contribution in [2.24, 2.45) is 0 Å². The SMILES string of the molecule is CNC(=O)c1ccc(N)c(Sc2nc(C)c(C)o2)c1. The fraction of sp³-hybridized carbons (Fsp3) is 0.231. The highest BCUT2D eigenvalue weighted by molar-refractivity contribution is 7.99. The molecule has 0 radical (unpaired) electrons. The Kier molecular flexibility index (Phi) is 3.80. The molecule has 6 heteroatoms. The fourth-order valence-corrected chi connectivity index (χ4v) is 2.40. The first-order valence-corrected chi connectivity index (χ1v) is 6.56. The highest BCUT2D eigenvalue weighted by atomic mass is 32.2. The standard InChI is InChI=1S/C13H15N3O2S/c1-7-8(2)18-13(16-7)19-11-6-9(12(17)15-3)4-5-10(11)14/h4-6H,14H2,1-3H3,(H,15,17). The molecule has 0 saturated carbocycles. The summed E-state index contributed by atoms with van der Waals surface area (Å²) in [7, 11) is 1.59. The zero-order valence-electron chi connectivity index (χ0n) is 11.0. The molecule has 1 aromatic heterocycles. The lowest BCUT2D eigenvalue weighted by Crippen LogP contribution is -2.17. The number of anilines is 1. The number of nitrogen functional groups attached to an aromatic ring is 1. The smallest absolute Gasteiger partial charge is 0.261 e. The second kappa shape index (κ2) is 5.36. The Bertz CT molecular complexity index is 603. The van der Waals surface area contributed by atoms with Crippen LogP contribution in [0.15, 0.2) is 32.7 Å². The lowest BCUT2D eigenvalue weighted by molar-refractivity contribution is 0.0963. The van der Waals surface area contributed by atoms with Crippen molar-refractivity contribution < 1.29 is 9.21 Å². The van der Waals surface area contributed by atoms with Crippen LogP contribution in [0.4, 0.5) is 5.69 Å². The highest BCUT2D eigenvalue weighted by Gasteiger charge is 2.12. The van der Waals surface area contributed by atoms with Gasteiger partial charge in [0, 0.05) is 23.2 Å². The number of aromatic nitrogens is 1. The van der Waals surface area contributed by atoms with Gasteiger partial charge < -0.3 is 15.5 Å². The lowest BCUT2D eigenvalue weighted by Gasteiger charge is -2.05. The molecule has 0 aliphatic rings. The van der Waals surface area contributed by atoms with Crippen molar-refractivity contribution in [3.63, 3.8) is 0 Å². The minimum atomic E-state index is -0.151. The molecule has 1 amide bonds. The van der Waals surface area contributed by atoms with Crippen LogP contribution < -0.4 is 11.1 Å². The van der Waals surface area contributed by atoms with Crippen molar-refractivity contribution in [3.8, 4) is 0 Å². The molecule has 1 heterocycles. The number of hydrogen-bond acceptors (Lipinski definition) is 5. The van der Waals surface area contributed by atoms with E-state index < -0.39 is 0 Å². The van der Waals surface area contributed by atoms with Crippen molar-refractivity contribution in [1.82, 2.24) is 10.3 Å². The van der Waals surface area contributed by atoms with E-state index in [0.29, 0.717) is 16.5 Å². The number of carbonyl (C=O) groups excluding carboxylic acids is 1. The number of hydrogen-bond donors (Lipinski definition) is 2. The van der Waals surface area contributed by atoms with Gasteiger partial charge in [0.05, 0.1) is 5.69 Å². The molecular weight excluding hydrogens is 262 g/mol. The Morgan fingerprint density at radius 3 is 2.74 bits per heavy atom. The molecule has 1 aromatic carbocycles. The van der Waals surface area contributed by atoms with Crippen molar-refractivity contribution in [2.45, 2.75) is 24.0 Å². The molecule has 19 heavy (non-hydrogen) atoms. The predicted octanol–water partition coefficient (Wildman–Crippen LogP) is 2.38. The van der Waals surface area contributed by atoms with Crippen LogP contribution in [-0.2, 0) is 0 Å².